The van der Waals surface area contributed by atoms with Crippen molar-refractivity contribution in [2.75, 3.05) is 18.5 Å². The number of aliphatic hydroxyl groups excluding tert-OH is 2. The van der Waals surface area contributed by atoms with Crippen molar-refractivity contribution in [3.63, 3.8) is 0 Å². The van der Waals surface area contributed by atoms with Gasteiger partial charge in [-0.05, 0) is 56.4 Å². The summed E-state index contributed by atoms with van der Waals surface area (Å²) < 4.78 is 10.1. The summed E-state index contributed by atoms with van der Waals surface area (Å²) in [6.45, 7) is 3.26. The van der Waals surface area contributed by atoms with E-state index in [4.69, 9.17) is 9.84 Å². The molecule has 0 radical (unpaired) electrons. The van der Waals surface area contributed by atoms with Gasteiger partial charge in [-0.3, -0.25) is 14.2 Å². The van der Waals surface area contributed by atoms with Crippen LogP contribution in [0.15, 0.2) is 42.9 Å². The maximum atomic E-state index is 11.8. The number of rotatable bonds is 9. The number of nitrogens with one attached hydrogen (secondary N) is 2. The lowest BCUT2D eigenvalue weighted by molar-refractivity contribution is 0.0783. The minimum atomic E-state index is -0.871. The lowest BCUT2D eigenvalue weighted by atomic mass is 9.93. The molecular weight excluding hydrogens is 498 g/mol. The molecule has 0 unspecified atom stereocenters. The van der Waals surface area contributed by atoms with Gasteiger partial charge in [-0.25, -0.2) is 4.98 Å². The zero-order chi connectivity index (χ0) is 26.9. The monoisotopic (exact) mass is 531 g/mol. The number of carbonyl (C=O) groups excluding carboxylic acids is 1. The van der Waals surface area contributed by atoms with Crippen molar-refractivity contribution < 1.29 is 19.7 Å². The highest BCUT2D eigenvalue weighted by Gasteiger charge is 2.28. The predicted molar refractivity (Wildman–Crippen MR) is 146 cm³/mol. The Balaban J connectivity index is 1.22. The van der Waals surface area contributed by atoms with Crippen LogP contribution < -0.4 is 15.4 Å². The van der Waals surface area contributed by atoms with Crippen LogP contribution in [0.5, 0.6) is 5.75 Å². The summed E-state index contributed by atoms with van der Waals surface area (Å²) in [5.74, 6) is 1.59. The van der Waals surface area contributed by atoms with Gasteiger partial charge in [0, 0.05) is 48.1 Å². The summed E-state index contributed by atoms with van der Waals surface area (Å²) in [5.41, 5.74) is 4.36. The van der Waals surface area contributed by atoms with Crippen LogP contribution in [0.2, 0.25) is 0 Å². The summed E-state index contributed by atoms with van der Waals surface area (Å²) in [5, 5.41) is 35.5. The van der Waals surface area contributed by atoms with Gasteiger partial charge in [0.15, 0.2) is 0 Å². The SMILES string of the molecule is CCNc1cc2c(cn1)c(-c1cnn(C[C@@H](O)CO)c1)nn2C1CCC(Oc2ccc3c(c2)CNC3=O)CC1. The van der Waals surface area contributed by atoms with Crippen molar-refractivity contribution in [2.24, 2.45) is 0 Å². The molecule has 0 spiro atoms. The third-order valence-electron chi connectivity index (χ3n) is 7.52. The van der Waals surface area contributed by atoms with Gasteiger partial charge in [0.25, 0.3) is 5.91 Å². The third-order valence-corrected chi connectivity index (χ3v) is 7.52. The number of pyridine rings is 1. The van der Waals surface area contributed by atoms with Crippen LogP contribution in [0, 0.1) is 0 Å². The molecule has 11 heteroatoms. The summed E-state index contributed by atoms with van der Waals surface area (Å²) in [7, 11) is 0. The molecule has 4 heterocycles. The van der Waals surface area contributed by atoms with E-state index in [2.05, 4.69) is 31.5 Å². The lowest BCUT2D eigenvalue weighted by Gasteiger charge is -2.29. The van der Waals surface area contributed by atoms with E-state index in [1.807, 2.05) is 37.5 Å². The number of nitrogens with zero attached hydrogens (tertiary/aromatic N) is 5. The van der Waals surface area contributed by atoms with Crippen LogP contribution in [0.1, 0.15) is 54.6 Å². The standard InChI is InChI=1S/C28H33N7O4/c1-2-29-26-10-25-24(13-30-26)27(18-12-32-34(14-18)15-20(37)16-36)33-35(25)19-3-5-21(6-4-19)39-22-7-8-23-17(9-22)11-31-28(23)38/h7-10,12-14,19-21,36-37H,2-6,11,15-16H2,1H3,(H,29,30)(H,31,38)/t19?,20-,21?/m1/s1. The Morgan fingerprint density at radius 1 is 1.21 bits per heavy atom. The second kappa shape index (κ2) is 10.7. The molecule has 2 aliphatic rings. The Hall–Kier alpha value is -3.96. The highest BCUT2D eigenvalue weighted by molar-refractivity contribution is 5.98. The van der Waals surface area contributed by atoms with Crippen molar-refractivity contribution in [3.05, 3.63) is 54.0 Å². The van der Waals surface area contributed by atoms with Gasteiger partial charge in [-0.1, -0.05) is 0 Å². The Kier molecular flexibility index (Phi) is 6.92. The van der Waals surface area contributed by atoms with Gasteiger partial charge in [0.05, 0.1) is 43.1 Å². The zero-order valence-corrected chi connectivity index (χ0v) is 21.9. The van der Waals surface area contributed by atoms with E-state index >= 15 is 0 Å². The topological polar surface area (TPSA) is 139 Å². The summed E-state index contributed by atoms with van der Waals surface area (Å²) in [6.07, 6.45) is 8.32. The van der Waals surface area contributed by atoms with E-state index < -0.39 is 6.10 Å². The number of fused-ring (bicyclic) bond motifs is 2. The molecule has 204 valence electrons. The molecule has 0 bridgehead atoms. The predicted octanol–water partition coefficient (Wildman–Crippen LogP) is 2.89. The average molecular weight is 532 g/mol. The van der Waals surface area contributed by atoms with Crippen LogP contribution in [0.3, 0.4) is 0 Å². The van der Waals surface area contributed by atoms with Gasteiger partial charge in [0.1, 0.15) is 17.3 Å². The van der Waals surface area contributed by atoms with E-state index in [0.717, 1.165) is 77.1 Å². The number of benzene rings is 1. The highest BCUT2D eigenvalue weighted by Crippen LogP contribution is 2.37. The largest absolute Gasteiger partial charge is 0.490 e. The van der Waals surface area contributed by atoms with Gasteiger partial charge >= 0.3 is 0 Å². The first-order chi connectivity index (χ1) is 19.0. The van der Waals surface area contributed by atoms with Crippen molar-refractivity contribution in [1.82, 2.24) is 29.9 Å². The Labute approximate surface area is 225 Å². The fraction of sp³-hybridized carbons (Fsp3) is 0.429. The quantitative estimate of drug-likeness (QED) is 0.259. The maximum absolute atomic E-state index is 11.8. The van der Waals surface area contributed by atoms with E-state index in [0.29, 0.717) is 6.54 Å². The lowest BCUT2D eigenvalue weighted by Crippen LogP contribution is -2.26. The number of anilines is 1. The molecule has 1 atom stereocenters. The van der Waals surface area contributed by atoms with E-state index in [-0.39, 0.29) is 31.2 Å². The van der Waals surface area contributed by atoms with E-state index in [9.17, 15) is 15.0 Å². The Bertz CT molecular complexity index is 1490. The molecule has 6 rings (SSSR count). The minimum absolute atomic E-state index is 0.0227. The smallest absolute Gasteiger partial charge is 0.251 e. The molecule has 4 N–H and O–H groups in total. The molecule has 1 fully saturated rings. The van der Waals surface area contributed by atoms with Crippen molar-refractivity contribution in [3.8, 4) is 17.0 Å². The van der Waals surface area contributed by atoms with E-state index in [1.165, 1.54) is 0 Å². The second-order valence-corrected chi connectivity index (χ2v) is 10.2. The highest BCUT2D eigenvalue weighted by atomic mass is 16.5. The van der Waals surface area contributed by atoms with Crippen LogP contribution in [-0.2, 0) is 13.1 Å². The van der Waals surface area contributed by atoms with Gasteiger partial charge in [0.2, 0.25) is 0 Å². The van der Waals surface area contributed by atoms with Crippen molar-refractivity contribution >= 4 is 22.6 Å². The van der Waals surface area contributed by atoms with Crippen LogP contribution in [-0.4, -0.2) is 66.0 Å². The van der Waals surface area contributed by atoms with Gasteiger partial charge < -0.3 is 25.6 Å². The normalized spacial score (nSPS) is 19.6. The molecule has 1 aliphatic carbocycles. The first kappa shape index (κ1) is 25.3. The van der Waals surface area contributed by atoms with Gasteiger partial charge in [-0.2, -0.15) is 10.2 Å². The average Bonchev–Trinajstić information content (AvgIpc) is 3.66. The van der Waals surface area contributed by atoms with Crippen LogP contribution in [0.4, 0.5) is 5.82 Å². The number of hydrogen-bond donors (Lipinski definition) is 4. The van der Waals surface area contributed by atoms with Crippen LogP contribution >= 0.6 is 0 Å². The van der Waals surface area contributed by atoms with E-state index in [1.54, 1.807) is 10.9 Å². The number of carbonyl (C=O) groups is 1. The summed E-state index contributed by atoms with van der Waals surface area (Å²) in [4.78, 5) is 16.4. The molecule has 4 aromatic rings. The number of amides is 1. The number of aromatic nitrogens is 5. The third kappa shape index (κ3) is 5.07. The van der Waals surface area contributed by atoms with Crippen LogP contribution in [0.25, 0.3) is 22.2 Å². The molecule has 11 nitrogen and oxygen atoms in total. The molecule has 39 heavy (non-hydrogen) atoms. The Morgan fingerprint density at radius 2 is 2.05 bits per heavy atom. The minimum Gasteiger partial charge on any atom is -0.490 e. The molecule has 1 aromatic carbocycles. The second-order valence-electron chi connectivity index (χ2n) is 10.2. The fourth-order valence-electron chi connectivity index (χ4n) is 5.54. The van der Waals surface area contributed by atoms with Crippen molar-refractivity contribution in [1.29, 1.82) is 0 Å². The summed E-state index contributed by atoms with van der Waals surface area (Å²) in [6, 6.07) is 7.97. The molecular formula is C28H33N7O4. The number of hydrogen-bond acceptors (Lipinski definition) is 8. The maximum Gasteiger partial charge on any atom is 0.251 e. The molecule has 1 saturated carbocycles. The first-order valence-electron chi connectivity index (χ1n) is 13.5. The number of aliphatic hydroxyl groups is 2. The molecule has 1 amide bonds. The van der Waals surface area contributed by atoms with Gasteiger partial charge in [-0.15, -0.1) is 0 Å². The fourth-order valence-corrected chi connectivity index (χ4v) is 5.54. The molecule has 0 saturated heterocycles. The molecule has 3 aromatic heterocycles. The first-order valence-corrected chi connectivity index (χ1v) is 13.5. The van der Waals surface area contributed by atoms with Crippen molar-refractivity contribution in [2.45, 2.75) is 63.9 Å². The Morgan fingerprint density at radius 3 is 2.85 bits per heavy atom. The summed E-state index contributed by atoms with van der Waals surface area (Å²) >= 11 is 0. The number of ether oxygens (including phenoxy) is 1. The molecule has 1 aliphatic heterocycles. The zero-order valence-electron chi connectivity index (χ0n) is 21.9.